The normalized spacial score (nSPS) is 12.1. The third-order valence-electron chi connectivity index (χ3n) is 6.30. The number of ether oxygens (including phenoxy) is 1. The summed E-state index contributed by atoms with van der Waals surface area (Å²) in [6.45, 7) is 12.1. The van der Waals surface area contributed by atoms with E-state index >= 15 is 0 Å². The zero-order valence-corrected chi connectivity index (χ0v) is 23.9. The molecule has 0 fully saturated rings. The van der Waals surface area contributed by atoms with Crippen molar-refractivity contribution >= 4 is 50.0 Å². The maximum Gasteiger partial charge on any atom is 0.307 e. The molecule has 5 aromatic rings. The first-order valence-electron chi connectivity index (χ1n) is 12.5. The fourth-order valence-electron chi connectivity index (χ4n) is 4.74. The number of nitrogens with zero attached hydrogens (tertiary/aromatic N) is 3. The highest BCUT2D eigenvalue weighted by Gasteiger charge is 2.24. The van der Waals surface area contributed by atoms with Gasteiger partial charge in [0.2, 0.25) is 0 Å². The number of aliphatic carboxylic acids is 1. The summed E-state index contributed by atoms with van der Waals surface area (Å²) < 4.78 is 9.25. The van der Waals surface area contributed by atoms with Crippen molar-refractivity contribution in [2.45, 2.75) is 59.6 Å². The highest BCUT2D eigenvalue weighted by atomic mass is 35.5. The summed E-state index contributed by atoms with van der Waals surface area (Å²) in [5.41, 5.74) is 5.68. The molecule has 5 rings (SSSR count). The summed E-state index contributed by atoms with van der Waals surface area (Å²) in [7, 11) is 0. The third kappa shape index (κ3) is 5.00. The lowest BCUT2D eigenvalue weighted by Gasteiger charge is -2.24. The SMILES string of the molecule is Cc1cc2nc(-c3ccc4c(cnn4C(C)C)c3)sc2c(-c2ccc(Cl)cc2OC(C)(C)C)c1CC(=O)O. The Morgan fingerprint density at radius 2 is 1.92 bits per heavy atom. The minimum absolute atomic E-state index is 0.109. The second kappa shape index (κ2) is 9.71. The van der Waals surface area contributed by atoms with Gasteiger partial charge in [-0.2, -0.15) is 5.10 Å². The van der Waals surface area contributed by atoms with E-state index in [1.54, 1.807) is 17.4 Å². The third-order valence-corrected chi connectivity index (χ3v) is 7.67. The number of benzene rings is 3. The molecule has 0 spiro atoms. The van der Waals surface area contributed by atoms with E-state index in [-0.39, 0.29) is 12.5 Å². The molecule has 38 heavy (non-hydrogen) atoms. The van der Waals surface area contributed by atoms with E-state index in [1.165, 1.54) is 0 Å². The molecule has 3 aromatic carbocycles. The van der Waals surface area contributed by atoms with Crippen LogP contribution in [0.3, 0.4) is 0 Å². The second-order valence-electron chi connectivity index (χ2n) is 10.8. The quantitative estimate of drug-likeness (QED) is 0.231. The van der Waals surface area contributed by atoms with Crippen molar-refractivity contribution in [3.05, 3.63) is 64.8 Å². The monoisotopic (exact) mass is 547 g/mol. The van der Waals surface area contributed by atoms with Crippen LogP contribution in [-0.4, -0.2) is 31.4 Å². The highest BCUT2D eigenvalue weighted by Crippen LogP contribution is 2.45. The van der Waals surface area contributed by atoms with Crippen molar-refractivity contribution < 1.29 is 14.6 Å². The lowest BCUT2D eigenvalue weighted by Crippen LogP contribution is -2.23. The number of hydrogen-bond acceptors (Lipinski definition) is 5. The average molecular weight is 548 g/mol. The summed E-state index contributed by atoms with van der Waals surface area (Å²) >= 11 is 7.92. The largest absolute Gasteiger partial charge is 0.487 e. The molecule has 0 aliphatic heterocycles. The molecule has 0 radical (unpaired) electrons. The van der Waals surface area contributed by atoms with Gasteiger partial charge in [0.25, 0.3) is 0 Å². The first-order valence-corrected chi connectivity index (χ1v) is 13.7. The Labute approximate surface area is 230 Å². The Hall–Kier alpha value is -3.42. The second-order valence-corrected chi connectivity index (χ2v) is 12.2. The fourth-order valence-corrected chi connectivity index (χ4v) is 6.03. The molecule has 1 N–H and O–H groups in total. The number of carboxylic acid groups (broad SMARTS) is 1. The molecular weight excluding hydrogens is 518 g/mol. The summed E-state index contributed by atoms with van der Waals surface area (Å²) in [6, 6.07) is 14.0. The van der Waals surface area contributed by atoms with Gasteiger partial charge < -0.3 is 9.84 Å². The van der Waals surface area contributed by atoms with Crippen molar-refractivity contribution in [1.82, 2.24) is 14.8 Å². The van der Waals surface area contributed by atoms with Gasteiger partial charge in [0.05, 0.1) is 28.4 Å². The summed E-state index contributed by atoms with van der Waals surface area (Å²) in [6.07, 6.45) is 1.78. The molecule has 0 aliphatic rings. The van der Waals surface area contributed by atoms with E-state index in [0.717, 1.165) is 53.9 Å². The Bertz CT molecular complexity index is 1700. The van der Waals surface area contributed by atoms with Crippen LogP contribution in [0.4, 0.5) is 0 Å². The fraction of sp³-hybridized carbons (Fsp3) is 0.300. The van der Waals surface area contributed by atoms with Crippen molar-refractivity contribution in [3.8, 4) is 27.4 Å². The molecule has 2 aromatic heterocycles. The number of hydrogen-bond donors (Lipinski definition) is 1. The van der Waals surface area contributed by atoms with Gasteiger partial charge in [0.1, 0.15) is 16.4 Å². The lowest BCUT2D eigenvalue weighted by atomic mass is 9.92. The van der Waals surface area contributed by atoms with E-state index in [2.05, 4.69) is 37.1 Å². The Balaban J connectivity index is 1.75. The zero-order valence-electron chi connectivity index (χ0n) is 22.3. The predicted octanol–water partition coefficient (Wildman–Crippen LogP) is 8.33. The Kier molecular flexibility index (Phi) is 6.70. The number of carbonyl (C=O) groups is 1. The van der Waals surface area contributed by atoms with Crippen LogP contribution >= 0.6 is 22.9 Å². The number of halogens is 1. The lowest BCUT2D eigenvalue weighted by molar-refractivity contribution is -0.136. The smallest absolute Gasteiger partial charge is 0.307 e. The molecule has 196 valence electrons. The van der Waals surface area contributed by atoms with Crippen LogP contribution < -0.4 is 4.74 Å². The molecule has 0 bridgehead atoms. The van der Waals surface area contributed by atoms with E-state index < -0.39 is 11.6 Å². The topological polar surface area (TPSA) is 77.2 Å². The number of rotatable bonds is 6. The number of fused-ring (bicyclic) bond motifs is 2. The maximum absolute atomic E-state index is 11.9. The van der Waals surface area contributed by atoms with Crippen LogP contribution in [0.25, 0.3) is 42.8 Å². The molecule has 0 amide bonds. The van der Waals surface area contributed by atoms with Gasteiger partial charge in [-0.1, -0.05) is 11.6 Å². The average Bonchev–Trinajstić information content (AvgIpc) is 3.42. The van der Waals surface area contributed by atoms with Crippen LogP contribution in [0.5, 0.6) is 5.75 Å². The molecule has 2 heterocycles. The number of carboxylic acids is 1. The molecule has 0 aliphatic carbocycles. The molecule has 0 saturated carbocycles. The molecule has 6 nitrogen and oxygen atoms in total. The predicted molar refractivity (Wildman–Crippen MR) is 156 cm³/mol. The molecule has 0 atom stereocenters. The molecule has 0 unspecified atom stereocenters. The molecule has 8 heteroatoms. The van der Waals surface area contributed by atoms with E-state index in [4.69, 9.17) is 21.3 Å². The van der Waals surface area contributed by atoms with Crippen LogP contribution in [0, 0.1) is 6.92 Å². The highest BCUT2D eigenvalue weighted by molar-refractivity contribution is 7.22. The zero-order chi connectivity index (χ0) is 27.4. The summed E-state index contributed by atoms with van der Waals surface area (Å²) in [4.78, 5) is 16.9. The molecular formula is C30H30ClN3O3S. The van der Waals surface area contributed by atoms with Crippen molar-refractivity contribution in [3.63, 3.8) is 0 Å². The van der Waals surface area contributed by atoms with Crippen LogP contribution in [0.15, 0.2) is 48.7 Å². The van der Waals surface area contributed by atoms with Gasteiger partial charge in [-0.3, -0.25) is 9.48 Å². The van der Waals surface area contributed by atoms with E-state index in [1.807, 2.05) is 56.8 Å². The summed E-state index contributed by atoms with van der Waals surface area (Å²) in [5.74, 6) is -0.278. The standard InChI is InChI=1S/C30H30ClN3O3S/c1-16(2)34-24-10-7-18(12-19(24)15-32-34)29-33-23-11-17(3)22(14-26(35)36)27(28(23)38-29)21-9-8-20(31)13-25(21)37-30(4,5)6/h7-13,15-16H,14H2,1-6H3,(H,35,36). The van der Waals surface area contributed by atoms with E-state index in [9.17, 15) is 9.90 Å². The van der Waals surface area contributed by atoms with Gasteiger partial charge in [-0.25, -0.2) is 4.98 Å². The van der Waals surface area contributed by atoms with Gasteiger partial charge in [0.15, 0.2) is 0 Å². The van der Waals surface area contributed by atoms with Gasteiger partial charge in [-0.15, -0.1) is 11.3 Å². The minimum Gasteiger partial charge on any atom is -0.487 e. The Morgan fingerprint density at radius 3 is 2.61 bits per heavy atom. The first-order chi connectivity index (χ1) is 17.9. The van der Waals surface area contributed by atoms with E-state index in [0.29, 0.717) is 10.8 Å². The van der Waals surface area contributed by atoms with Crippen LogP contribution in [0.2, 0.25) is 5.02 Å². The van der Waals surface area contributed by atoms with Gasteiger partial charge in [0, 0.05) is 33.1 Å². The first kappa shape index (κ1) is 26.2. The van der Waals surface area contributed by atoms with Gasteiger partial charge in [-0.05, 0) is 95.1 Å². The van der Waals surface area contributed by atoms with Crippen molar-refractivity contribution in [2.24, 2.45) is 0 Å². The minimum atomic E-state index is -0.890. The van der Waals surface area contributed by atoms with Crippen molar-refractivity contribution in [1.29, 1.82) is 0 Å². The van der Waals surface area contributed by atoms with Crippen LogP contribution in [0.1, 0.15) is 51.8 Å². The number of thiazole rings is 1. The Morgan fingerprint density at radius 1 is 1.16 bits per heavy atom. The van der Waals surface area contributed by atoms with Crippen molar-refractivity contribution in [2.75, 3.05) is 0 Å². The number of aryl methyl sites for hydroxylation is 1. The number of aromatic nitrogens is 3. The van der Waals surface area contributed by atoms with Crippen LogP contribution in [-0.2, 0) is 11.2 Å². The maximum atomic E-state index is 11.9. The summed E-state index contributed by atoms with van der Waals surface area (Å²) in [5, 5.41) is 16.8. The van der Waals surface area contributed by atoms with Gasteiger partial charge >= 0.3 is 5.97 Å². The molecule has 0 saturated heterocycles.